The maximum Gasteiger partial charge on any atom is 0.311 e. The summed E-state index contributed by atoms with van der Waals surface area (Å²) in [5.74, 6) is -0.225. The van der Waals surface area contributed by atoms with Gasteiger partial charge in [-0.15, -0.1) is 0 Å². The fourth-order valence-corrected chi connectivity index (χ4v) is 3.60. The molecular weight excluding hydrogens is 412 g/mol. The minimum Gasteiger partial charge on any atom is -0.497 e. The van der Waals surface area contributed by atoms with E-state index in [9.17, 15) is 9.59 Å². The topological polar surface area (TPSA) is 90.2 Å². The van der Waals surface area contributed by atoms with Crippen molar-refractivity contribution in [1.82, 2.24) is 0 Å². The van der Waals surface area contributed by atoms with Gasteiger partial charge in [-0.25, -0.2) is 0 Å². The molecule has 32 heavy (non-hydrogen) atoms. The van der Waals surface area contributed by atoms with Crippen LogP contribution in [0, 0.1) is 0 Å². The number of morpholine rings is 1. The Labute approximate surface area is 186 Å². The summed E-state index contributed by atoms with van der Waals surface area (Å²) in [4.78, 5) is 27.1. The van der Waals surface area contributed by atoms with Crippen LogP contribution in [0.1, 0.15) is 12.5 Å². The average molecular weight is 438 g/mol. The zero-order valence-corrected chi connectivity index (χ0v) is 18.1. The number of nitrogens with zero attached hydrogens (tertiary/aromatic N) is 1. The zero-order chi connectivity index (χ0) is 22.5. The normalized spacial score (nSPS) is 14.8. The third-order valence-corrected chi connectivity index (χ3v) is 5.39. The van der Waals surface area contributed by atoms with E-state index in [1.807, 2.05) is 30.3 Å². The second-order valence-corrected chi connectivity index (χ2v) is 7.57. The number of carbonyl (C=O) groups excluding carboxylic acids is 2. The van der Waals surface area contributed by atoms with Crippen LogP contribution in [-0.2, 0) is 25.5 Å². The molecular formula is C24H26N2O6. The molecule has 1 aliphatic rings. The van der Waals surface area contributed by atoms with Gasteiger partial charge in [0.25, 0.3) is 5.91 Å². The number of rotatable bonds is 7. The number of amides is 1. The molecule has 1 unspecified atom stereocenters. The molecule has 1 fully saturated rings. The molecule has 3 aromatic rings. The van der Waals surface area contributed by atoms with Crippen molar-refractivity contribution in [2.24, 2.45) is 0 Å². The number of fused-ring (bicyclic) bond motifs is 1. The molecule has 1 aromatic heterocycles. The summed E-state index contributed by atoms with van der Waals surface area (Å²) in [5, 5.41) is 3.59. The number of esters is 1. The van der Waals surface area contributed by atoms with E-state index in [2.05, 4.69) is 10.2 Å². The minimum atomic E-state index is -0.931. The van der Waals surface area contributed by atoms with Crippen LogP contribution in [-0.4, -0.2) is 51.4 Å². The summed E-state index contributed by atoms with van der Waals surface area (Å²) in [6.07, 6.45) is 0.594. The first kappa shape index (κ1) is 21.7. The molecule has 168 valence electrons. The van der Waals surface area contributed by atoms with Gasteiger partial charge in [-0.05, 0) is 43.3 Å². The predicted molar refractivity (Wildman–Crippen MR) is 120 cm³/mol. The largest absolute Gasteiger partial charge is 0.497 e. The van der Waals surface area contributed by atoms with E-state index in [-0.39, 0.29) is 12.3 Å². The summed E-state index contributed by atoms with van der Waals surface area (Å²) >= 11 is 0. The quantitative estimate of drug-likeness (QED) is 0.566. The number of nitrogens with one attached hydrogen (secondary N) is 1. The molecule has 0 saturated carbocycles. The molecule has 8 nitrogen and oxygen atoms in total. The van der Waals surface area contributed by atoms with Gasteiger partial charge in [-0.3, -0.25) is 9.59 Å². The predicted octanol–water partition coefficient (Wildman–Crippen LogP) is 3.39. The first-order valence-electron chi connectivity index (χ1n) is 10.5. The van der Waals surface area contributed by atoms with Crippen molar-refractivity contribution in [3.63, 3.8) is 0 Å². The van der Waals surface area contributed by atoms with Gasteiger partial charge in [-0.1, -0.05) is 0 Å². The van der Waals surface area contributed by atoms with Gasteiger partial charge in [0.15, 0.2) is 6.10 Å². The molecule has 1 atom stereocenters. The van der Waals surface area contributed by atoms with Crippen LogP contribution < -0.4 is 15.0 Å². The number of hydrogen-bond acceptors (Lipinski definition) is 7. The Hall–Kier alpha value is -3.52. The zero-order valence-electron chi connectivity index (χ0n) is 18.1. The lowest BCUT2D eigenvalue weighted by Crippen LogP contribution is -2.36. The second-order valence-electron chi connectivity index (χ2n) is 7.57. The Bertz CT molecular complexity index is 1090. The van der Waals surface area contributed by atoms with Crippen molar-refractivity contribution < 1.29 is 28.2 Å². The van der Waals surface area contributed by atoms with Crippen LogP contribution in [0.3, 0.4) is 0 Å². The van der Waals surface area contributed by atoms with Gasteiger partial charge in [0.2, 0.25) is 0 Å². The second kappa shape index (κ2) is 9.74. The number of benzene rings is 2. The molecule has 2 aromatic carbocycles. The molecule has 1 N–H and O–H groups in total. The van der Waals surface area contributed by atoms with E-state index in [1.54, 1.807) is 26.2 Å². The van der Waals surface area contributed by atoms with Crippen molar-refractivity contribution >= 4 is 34.2 Å². The SMILES string of the molecule is COc1ccc2c(CC(=O)OC(C)C(=O)Nc3ccc(N4CCOCC4)cc3)coc2c1. The molecule has 2 heterocycles. The minimum absolute atomic E-state index is 0.00515. The molecule has 8 heteroatoms. The highest BCUT2D eigenvalue weighted by Crippen LogP contribution is 2.26. The Balaban J connectivity index is 1.31. The number of ether oxygens (including phenoxy) is 3. The van der Waals surface area contributed by atoms with Gasteiger partial charge in [0, 0.05) is 41.5 Å². The van der Waals surface area contributed by atoms with Crippen LogP contribution in [0.4, 0.5) is 11.4 Å². The number of methoxy groups -OCH3 is 1. The average Bonchev–Trinajstić information content (AvgIpc) is 3.21. The molecule has 1 aliphatic heterocycles. The Morgan fingerprint density at radius 3 is 2.59 bits per heavy atom. The van der Waals surface area contributed by atoms with Crippen molar-refractivity contribution in [3.8, 4) is 5.75 Å². The molecule has 0 aliphatic carbocycles. The first-order valence-corrected chi connectivity index (χ1v) is 10.5. The van der Waals surface area contributed by atoms with Gasteiger partial charge in [-0.2, -0.15) is 0 Å². The molecule has 0 bridgehead atoms. The van der Waals surface area contributed by atoms with E-state index in [0.29, 0.717) is 35.8 Å². The summed E-state index contributed by atoms with van der Waals surface area (Å²) in [5.41, 5.74) is 3.04. The van der Waals surface area contributed by atoms with E-state index >= 15 is 0 Å². The smallest absolute Gasteiger partial charge is 0.311 e. The summed E-state index contributed by atoms with van der Waals surface area (Å²) < 4.78 is 21.4. The standard InChI is InChI=1S/C24H26N2O6/c1-16(24(28)25-18-3-5-19(6-4-18)26-9-11-30-12-10-26)32-23(27)13-17-15-31-22-14-20(29-2)7-8-21(17)22/h3-8,14-16H,9-13H2,1-2H3,(H,25,28). The monoisotopic (exact) mass is 438 g/mol. The van der Waals surface area contributed by atoms with E-state index < -0.39 is 12.1 Å². The fourth-order valence-electron chi connectivity index (χ4n) is 3.60. The summed E-state index contributed by atoms with van der Waals surface area (Å²) in [6, 6.07) is 13.0. The lowest BCUT2D eigenvalue weighted by molar-refractivity contribution is -0.152. The maximum atomic E-state index is 12.5. The maximum absolute atomic E-state index is 12.5. The Morgan fingerprint density at radius 2 is 1.88 bits per heavy atom. The molecule has 4 rings (SSSR count). The highest BCUT2D eigenvalue weighted by atomic mass is 16.5. The van der Waals surface area contributed by atoms with E-state index in [0.717, 1.165) is 24.2 Å². The molecule has 1 saturated heterocycles. The lowest BCUT2D eigenvalue weighted by Gasteiger charge is -2.28. The first-order chi connectivity index (χ1) is 15.5. The third-order valence-electron chi connectivity index (χ3n) is 5.39. The Morgan fingerprint density at radius 1 is 1.12 bits per heavy atom. The highest BCUT2D eigenvalue weighted by molar-refractivity contribution is 5.95. The van der Waals surface area contributed by atoms with E-state index in [1.165, 1.54) is 6.26 Å². The van der Waals surface area contributed by atoms with Gasteiger partial charge in [0.1, 0.15) is 11.3 Å². The van der Waals surface area contributed by atoms with Crippen LogP contribution in [0.2, 0.25) is 0 Å². The van der Waals surface area contributed by atoms with Gasteiger partial charge >= 0.3 is 5.97 Å². The fraction of sp³-hybridized carbons (Fsp3) is 0.333. The number of hydrogen-bond donors (Lipinski definition) is 1. The van der Waals surface area contributed by atoms with Crippen LogP contribution >= 0.6 is 0 Å². The third kappa shape index (κ3) is 5.03. The van der Waals surface area contributed by atoms with Crippen LogP contribution in [0.15, 0.2) is 53.1 Å². The summed E-state index contributed by atoms with van der Waals surface area (Å²) in [6.45, 7) is 4.67. The molecule has 0 spiro atoms. The summed E-state index contributed by atoms with van der Waals surface area (Å²) in [7, 11) is 1.58. The molecule has 0 radical (unpaired) electrons. The number of anilines is 2. The van der Waals surface area contributed by atoms with Crippen molar-refractivity contribution in [2.75, 3.05) is 43.6 Å². The van der Waals surface area contributed by atoms with Gasteiger partial charge < -0.3 is 28.8 Å². The number of carbonyl (C=O) groups is 2. The van der Waals surface area contributed by atoms with Crippen molar-refractivity contribution in [2.45, 2.75) is 19.4 Å². The number of furan rings is 1. The van der Waals surface area contributed by atoms with Crippen molar-refractivity contribution in [3.05, 3.63) is 54.3 Å². The van der Waals surface area contributed by atoms with Crippen LogP contribution in [0.25, 0.3) is 11.0 Å². The van der Waals surface area contributed by atoms with Crippen LogP contribution in [0.5, 0.6) is 5.75 Å². The van der Waals surface area contributed by atoms with E-state index in [4.69, 9.17) is 18.6 Å². The lowest BCUT2D eigenvalue weighted by atomic mass is 10.1. The van der Waals surface area contributed by atoms with Crippen molar-refractivity contribution in [1.29, 1.82) is 0 Å². The highest BCUT2D eigenvalue weighted by Gasteiger charge is 2.20. The molecule has 1 amide bonds. The van der Waals surface area contributed by atoms with Gasteiger partial charge in [0.05, 0.1) is 33.0 Å². The Kier molecular flexibility index (Phi) is 6.61.